The van der Waals surface area contributed by atoms with Gasteiger partial charge in [-0.05, 0) is 29.9 Å². The van der Waals surface area contributed by atoms with Gasteiger partial charge in [0.2, 0.25) is 11.8 Å². The second-order valence-corrected chi connectivity index (χ2v) is 9.36. The summed E-state index contributed by atoms with van der Waals surface area (Å²) in [5.74, 6) is -0.369. The van der Waals surface area contributed by atoms with Gasteiger partial charge in [0.25, 0.3) is 0 Å². The van der Waals surface area contributed by atoms with Crippen molar-refractivity contribution in [2.24, 2.45) is 4.99 Å². The number of benzene rings is 1. The van der Waals surface area contributed by atoms with Crippen molar-refractivity contribution in [3.8, 4) is 0 Å². The molecule has 0 bridgehead atoms. The lowest BCUT2D eigenvalue weighted by Crippen LogP contribution is -2.50. The van der Waals surface area contributed by atoms with Crippen LogP contribution in [0, 0.1) is 6.92 Å². The summed E-state index contributed by atoms with van der Waals surface area (Å²) < 4.78 is 5.18. The van der Waals surface area contributed by atoms with Crippen LogP contribution in [0.15, 0.2) is 51.6 Å². The number of carbonyl (C=O) groups is 3. The first-order valence-corrected chi connectivity index (χ1v) is 12.4. The van der Waals surface area contributed by atoms with E-state index in [2.05, 4.69) is 0 Å². The molecule has 3 aliphatic rings. The lowest BCUT2D eigenvalue weighted by Gasteiger charge is -2.38. The third-order valence-electron chi connectivity index (χ3n) is 6.52. The summed E-state index contributed by atoms with van der Waals surface area (Å²) in [7, 11) is 1.39. The molecule has 3 heterocycles. The van der Waals surface area contributed by atoms with Crippen LogP contribution in [0.2, 0.25) is 0 Å². The molecule has 1 fully saturated rings. The van der Waals surface area contributed by atoms with Crippen molar-refractivity contribution in [2.45, 2.75) is 39.7 Å². The third-order valence-corrected chi connectivity index (χ3v) is 7.41. The minimum absolute atomic E-state index is 0.00437. The molecule has 0 spiro atoms. The lowest BCUT2D eigenvalue weighted by molar-refractivity contribution is -0.138. The summed E-state index contributed by atoms with van der Waals surface area (Å²) in [5, 5.41) is 2.73. The number of ether oxygens (including phenoxy) is 1. The van der Waals surface area contributed by atoms with Crippen LogP contribution >= 0.6 is 11.8 Å². The number of hydrogen-bond donors (Lipinski definition) is 0. The van der Waals surface area contributed by atoms with Crippen molar-refractivity contribution in [3.63, 3.8) is 0 Å². The summed E-state index contributed by atoms with van der Waals surface area (Å²) in [4.78, 5) is 48.2. The van der Waals surface area contributed by atoms with Crippen molar-refractivity contribution in [2.75, 3.05) is 33.3 Å². The number of rotatable bonds is 5. The predicted octanol–water partition coefficient (Wildman–Crippen LogP) is 3.21. The Morgan fingerprint density at radius 2 is 1.79 bits per heavy atom. The average molecular weight is 483 g/mol. The molecule has 1 unspecified atom stereocenters. The van der Waals surface area contributed by atoms with Crippen molar-refractivity contribution >= 4 is 34.7 Å². The normalized spacial score (nSPS) is 20.1. The fourth-order valence-electron chi connectivity index (χ4n) is 4.64. The molecule has 9 heteroatoms. The molecule has 0 aliphatic carbocycles. The van der Waals surface area contributed by atoms with E-state index in [1.807, 2.05) is 48.4 Å². The van der Waals surface area contributed by atoms with E-state index in [9.17, 15) is 14.4 Å². The molecule has 3 aliphatic heterocycles. The summed E-state index contributed by atoms with van der Waals surface area (Å²) in [6.45, 7) is 7.69. The first-order chi connectivity index (χ1) is 16.3. The molecular formula is C25H30N4O4S. The second-order valence-electron chi connectivity index (χ2n) is 8.52. The molecule has 1 aromatic carbocycles. The largest absolute Gasteiger partial charge is 0.466 e. The van der Waals surface area contributed by atoms with Gasteiger partial charge < -0.3 is 19.4 Å². The fraction of sp³-hybridized carbons (Fsp3) is 0.440. The quantitative estimate of drug-likeness (QED) is 0.600. The first-order valence-electron chi connectivity index (χ1n) is 11.5. The highest BCUT2D eigenvalue weighted by molar-refractivity contribution is 8.16. The molecule has 8 nitrogen and oxygen atoms in total. The molecular weight excluding hydrogens is 452 g/mol. The van der Waals surface area contributed by atoms with Gasteiger partial charge in [0, 0.05) is 38.8 Å². The zero-order valence-corrected chi connectivity index (χ0v) is 20.9. The molecule has 1 aromatic rings. The smallest absolute Gasteiger partial charge is 0.338 e. The maximum absolute atomic E-state index is 13.2. The van der Waals surface area contributed by atoms with Gasteiger partial charge in [0.05, 0.1) is 30.8 Å². The summed E-state index contributed by atoms with van der Waals surface area (Å²) in [5.41, 5.74) is 4.07. The number of esters is 1. The number of aliphatic imine (C=N–C) groups is 1. The molecule has 0 saturated carbocycles. The number of hydrogen-bond acceptors (Lipinski definition) is 7. The van der Waals surface area contributed by atoms with Crippen LogP contribution in [0.3, 0.4) is 0 Å². The highest BCUT2D eigenvalue weighted by Crippen LogP contribution is 2.46. The molecule has 0 N–H and O–H groups in total. The molecule has 0 radical (unpaired) electrons. The van der Waals surface area contributed by atoms with E-state index in [0.717, 1.165) is 22.0 Å². The number of allylic oxidation sites excluding steroid dienone is 1. The Morgan fingerprint density at radius 1 is 1.12 bits per heavy atom. The topological polar surface area (TPSA) is 82.5 Å². The van der Waals surface area contributed by atoms with Crippen LogP contribution in [-0.4, -0.2) is 70.9 Å². The number of amidine groups is 1. The van der Waals surface area contributed by atoms with Gasteiger partial charge in [-0.25, -0.2) is 9.79 Å². The minimum Gasteiger partial charge on any atom is -0.466 e. The van der Waals surface area contributed by atoms with Gasteiger partial charge >= 0.3 is 5.97 Å². The maximum Gasteiger partial charge on any atom is 0.338 e. The molecule has 1 atom stereocenters. The number of methoxy groups -OCH3 is 1. The molecule has 34 heavy (non-hydrogen) atoms. The van der Waals surface area contributed by atoms with E-state index in [1.54, 1.807) is 16.7 Å². The standard InChI is InChI=1S/C25H30N4O4S/c1-5-20-22(24(32)33-4)23(19-9-7-6-8-16(19)2)29-18(15-34-25(29)26-20)14-21(31)28-12-10-27(11-13-28)17(3)30/h6-9,15,23H,5,10-14H2,1-4H3. The zero-order valence-electron chi connectivity index (χ0n) is 20.0. The minimum atomic E-state index is -0.417. The van der Waals surface area contributed by atoms with Gasteiger partial charge in [-0.3, -0.25) is 9.59 Å². The highest BCUT2D eigenvalue weighted by Gasteiger charge is 2.42. The highest BCUT2D eigenvalue weighted by atomic mass is 32.2. The van der Waals surface area contributed by atoms with E-state index in [-0.39, 0.29) is 18.2 Å². The van der Waals surface area contributed by atoms with Crippen LogP contribution < -0.4 is 0 Å². The molecule has 0 aromatic heterocycles. The Balaban J connectivity index is 1.64. The van der Waals surface area contributed by atoms with Crippen LogP contribution in [-0.2, 0) is 19.1 Å². The number of fused-ring (bicyclic) bond motifs is 1. The van der Waals surface area contributed by atoms with Gasteiger partial charge in [-0.1, -0.05) is 43.0 Å². The molecule has 1 saturated heterocycles. The van der Waals surface area contributed by atoms with Gasteiger partial charge in [-0.15, -0.1) is 0 Å². The average Bonchev–Trinajstić information content (AvgIpc) is 3.25. The van der Waals surface area contributed by atoms with E-state index in [1.165, 1.54) is 18.9 Å². The number of nitrogens with zero attached hydrogens (tertiary/aromatic N) is 4. The lowest BCUT2D eigenvalue weighted by atomic mass is 9.90. The van der Waals surface area contributed by atoms with Crippen molar-refractivity contribution < 1.29 is 19.1 Å². The Labute approximate surface area is 204 Å². The SMILES string of the molecule is CCC1=C(C(=O)OC)C(c2ccccc2C)N2C(CC(=O)N3CCN(C(C)=O)CC3)=CSC2=N1. The molecule has 4 rings (SSSR count). The van der Waals surface area contributed by atoms with E-state index in [0.29, 0.717) is 43.9 Å². The Hall–Kier alpha value is -3.07. The van der Waals surface area contributed by atoms with Gasteiger partial charge in [0.15, 0.2) is 5.17 Å². The monoisotopic (exact) mass is 482 g/mol. The van der Waals surface area contributed by atoms with Crippen molar-refractivity contribution in [3.05, 3.63) is 57.8 Å². The van der Waals surface area contributed by atoms with Gasteiger partial charge in [-0.2, -0.15) is 0 Å². The fourth-order valence-corrected chi connectivity index (χ4v) is 5.58. The Bertz CT molecular complexity index is 1100. The van der Waals surface area contributed by atoms with Gasteiger partial charge in [0.1, 0.15) is 0 Å². The number of aryl methyl sites for hydroxylation is 1. The van der Waals surface area contributed by atoms with Crippen molar-refractivity contribution in [1.29, 1.82) is 0 Å². The molecule has 2 amide bonds. The third kappa shape index (κ3) is 4.49. The molecule has 180 valence electrons. The van der Waals surface area contributed by atoms with Crippen LogP contribution in [0.25, 0.3) is 0 Å². The van der Waals surface area contributed by atoms with Crippen molar-refractivity contribution in [1.82, 2.24) is 14.7 Å². The Morgan fingerprint density at radius 3 is 2.41 bits per heavy atom. The summed E-state index contributed by atoms with van der Waals surface area (Å²) >= 11 is 1.48. The number of amides is 2. The van der Waals surface area contributed by atoms with E-state index < -0.39 is 12.0 Å². The Kier molecular flexibility index (Phi) is 7.11. The van der Waals surface area contributed by atoms with Crippen LogP contribution in [0.4, 0.5) is 0 Å². The number of piperazine rings is 1. The predicted molar refractivity (Wildman–Crippen MR) is 132 cm³/mol. The van der Waals surface area contributed by atoms with Crippen LogP contribution in [0.5, 0.6) is 0 Å². The summed E-state index contributed by atoms with van der Waals surface area (Å²) in [6, 6.07) is 7.55. The van der Waals surface area contributed by atoms with E-state index >= 15 is 0 Å². The van der Waals surface area contributed by atoms with E-state index in [4.69, 9.17) is 9.73 Å². The second kappa shape index (κ2) is 10.0. The maximum atomic E-state index is 13.2. The summed E-state index contributed by atoms with van der Waals surface area (Å²) in [6.07, 6.45) is 0.795. The van der Waals surface area contributed by atoms with Crippen LogP contribution in [0.1, 0.15) is 43.9 Å². The zero-order chi connectivity index (χ0) is 24.4. The first kappa shape index (κ1) is 24.1. The number of carbonyl (C=O) groups excluding carboxylic acids is 3. The number of thioether (sulfide) groups is 1.